The van der Waals surface area contributed by atoms with Crippen LogP contribution < -0.4 is 5.32 Å². The number of rotatable bonds is 8. The summed E-state index contributed by atoms with van der Waals surface area (Å²) in [7, 11) is 2.62. The number of hydrogen-bond donors (Lipinski definition) is 2. The van der Waals surface area contributed by atoms with Gasteiger partial charge in [-0.15, -0.1) is 11.8 Å². The molecule has 2 aliphatic heterocycles. The molecule has 2 amide bonds. The second kappa shape index (κ2) is 8.64. The number of carbonyl (C=O) groups excluding carboxylic acids is 3. The van der Waals surface area contributed by atoms with E-state index >= 15 is 0 Å². The van der Waals surface area contributed by atoms with Gasteiger partial charge >= 0.3 is 5.97 Å². The summed E-state index contributed by atoms with van der Waals surface area (Å²) in [5.41, 5.74) is -0.130. The van der Waals surface area contributed by atoms with Crippen molar-refractivity contribution >= 4 is 57.0 Å². The van der Waals surface area contributed by atoms with Gasteiger partial charge in [-0.2, -0.15) is 0 Å². The molecule has 2 heterocycles. The quantitative estimate of drug-likeness (QED) is 0.164. The molecule has 0 aromatic carbocycles. The number of hydrogen-bond acceptors (Lipinski definition) is 8. The summed E-state index contributed by atoms with van der Waals surface area (Å²) in [5.74, 6) is -2.95. The van der Waals surface area contributed by atoms with E-state index < -0.39 is 40.7 Å². The molecule has 142 valence electrons. The number of alkyl halides is 1. The van der Waals surface area contributed by atoms with E-state index in [0.29, 0.717) is 11.3 Å². The first kappa shape index (κ1) is 20.4. The molecular formula is C14H16BrN3O7S. The molecule has 0 bridgehead atoms. The fourth-order valence-corrected chi connectivity index (χ4v) is 4.14. The monoisotopic (exact) mass is 449 g/mol. The molecule has 1 fully saturated rings. The number of Topliss-reactive ketones (excluding diaryl/α,β-unsaturated/α-hetero) is 1. The minimum Gasteiger partial charge on any atom is -0.477 e. The van der Waals surface area contributed by atoms with Gasteiger partial charge in [-0.1, -0.05) is 21.1 Å². The van der Waals surface area contributed by atoms with Crippen LogP contribution in [0.3, 0.4) is 0 Å². The molecule has 0 spiro atoms. The van der Waals surface area contributed by atoms with E-state index in [1.807, 2.05) is 0 Å². The Morgan fingerprint density at radius 1 is 1.42 bits per heavy atom. The zero-order valence-electron chi connectivity index (χ0n) is 13.9. The van der Waals surface area contributed by atoms with Gasteiger partial charge in [-0.3, -0.25) is 19.3 Å². The highest BCUT2D eigenvalue weighted by Gasteiger charge is 2.54. The Kier molecular flexibility index (Phi) is 6.78. The number of carbonyl (C=O) groups is 4. The highest BCUT2D eigenvalue weighted by atomic mass is 79.9. The van der Waals surface area contributed by atoms with Crippen LogP contribution in [0.25, 0.3) is 0 Å². The Morgan fingerprint density at radius 2 is 2.12 bits per heavy atom. The predicted molar refractivity (Wildman–Crippen MR) is 94.8 cm³/mol. The molecule has 0 saturated carbocycles. The Labute approximate surface area is 161 Å². The van der Waals surface area contributed by atoms with E-state index in [0.717, 1.165) is 4.90 Å². The average molecular weight is 450 g/mol. The third-order valence-corrected chi connectivity index (χ3v) is 5.49. The van der Waals surface area contributed by atoms with Crippen molar-refractivity contribution in [2.45, 2.75) is 11.4 Å². The summed E-state index contributed by atoms with van der Waals surface area (Å²) < 4.78 is 4.98. The van der Waals surface area contributed by atoms with Crippen molar-refractivity contribution in [2.24, 2.45) is 5.16 Å². The molecule has 1 unspecified atom stereocenters. The summed E-state index contributed by atoms with van der Waals surface area (Å²) >= 11 is 4.23. The maximum Gasteiger partial charge on any atom is 0.352 e. The number of aliphatic carboxylic acids is 1. The third kappa shape index (κ3) is 3.76. The highest BCUT2D eigenvalue weighted by molar-refractivity contribution is 9.09. The van der Waals surface area contributed by atoms with Crippen molar-refractivity contribution in [3.63, 3.8) is 0 Å². The molecule has 0 aromatic heterocycles. The number of nitrogens with zero attached hydrogens (tertiary/aromatic N) is 2. The van der Waals surface area contributed by atoms with Gasteiger partial charge in [0.05, 0.1) is 11.9 Å². The molecule has 0 radical (unpaired) electrons. The number of halogens is 1. The van der Waals surface area contributed by atoms with Crippen LogP contribution in [0.5, 0.6) is 0 Å². The van der Waals surface area contributed by atoms with E-state index in [1.165, 1.54) is 26.0 Å². The third-order valence-electron chi connectivity index (χ3n) is 3.64. The number of ether oxygens (including phenoxy) is 1. The molecule has 10 nitrogen and oxygen atoms in total. The smallest absolute Gasteiger partial charge is 0.352 e. The standard InChI is InChI=1S/C14H16BrN3O7S/c1-24-4-6-5-26-13-9(12(21)18(13)10(6)14(22)23)16-11(20)8(17-25-2)7(19)3-15/h9,13H,3-5H2,1-2H3,(H,16,20)(H,22,23)/t9?,13-/m0/s1. The average Bonchev–Trinajstić information content (AvgIpc) is 2.62. The maximum absolute atomic E-state index is 12.4. The van der Waals surface area contributed by atoms with Crippen LogP contribution in [0.15, 0.2) is 16.4 Å². The lowest BCUT2D eigenvalue weighted by molar-refractivity contribution is -0.150. The molecule has 2 N–H and O–H groups in total. The van der Waals surface area contributed by atoms with Crippen LogP contribution in [-0.4, -0.2) is 82.6 Å². The SMILES string of the molecule is COCC1=C(C(=O)O)N2C(=O)C(NC(=O)C(=NOC)C(=O)CBr)[C@@H]2SC1. The lowest BCUT2D eigenvalue weighted by Crippen LogP contribution is -2.71. The Balaban J connectivity index is 2.18. The topological polar surface area (TPSA) is 135 Å². The first-order chi connectivity index (χ1) is 12.4. The molecule has 0 aliphatic carbocycles. The number of β-lactam (4-membered cyclic amide) rings is 1. The number of carboxylic acids is 1. The largest absolute Gasteiger partial charge is 0.477 e. The summed E-state index contributed by atoms with van der Waals surface area (Å²) in [6.45, 7) is 0.0898. The molecule has 1 saturated heterocycles. The van der Waals surface area contributed by atoms with E-state index in [-0.39, 0.29) is 17.6 Å². The highest BCUT2D eigenvalue weighted by Crippen LogP contribution is 2.40. The first-order valence-corrected chi connectivity index (χ1v) is 9.44. The number of carboxylic acid groups (broad SMARTS) is 1. The fraction of sp³-hybridized carbons (Fsp3) is 0.500. The van der Waals surface area contributed by atoms with Crippen molar-refractivity contribution in [3.05, 3.63) is 11.3 Å². The van der Waals surface area contributed by atoms with Crippen LogP contribution >= 0.6 is 27.7 Å². The van der Waals surface area contributed by atoms with Crippen LogP contribution in [0, 0.1) is 0 Å². The van der Waals surface area contributed by atoms with Gasteiger partial charge in [0.25, 0.3) is 11.8 Å². The zero-order valence-corrected chi connectivity index (χ0v) is 16.3. The number of amides is 2. The molecular weight excluding hydrogens is 434 g/mol. The van der Waals surface area contributed by atoms with Crippen molar-refractivity contribution in [2.75, 3.05) is 31.9 Å². The van der Waals surface area contributed by atoms with Crippen molar-refractivity contribution < 1.29 is 33.9 Å². The van der Waals surface area contributed by atoms with Gasteiger partial charge in [0.2, 0.25) is 11.5 Å². The first-order valence-electron chi connectivity index (χ1n) is 7.27. The van der Waals surface area contributed by atoms with E-state index in [1.54, 1.807) is 0 Å². The second-order valence-corrected chi connectivity index (χ2v) is 6.90. The lowest BCUT2D eigenvalue weighted by atomic mass is 10.0. The summed E-state index contributed by atoms with van der Waals surface area (Å²) in [6.07, 6.45) is 0. The van der Waals surface area contributed by atoms with Crippen LogP contribution in [0.2, 0.25) is 0 Å². The van der Waals surface area contributed by atoms with Crippen molar-refractivity contribution in [1.82, 2.24) is 10.2 Å². The summed E-state index contributed by atoms with van der Waals surface area (Å²) in [6, 6.07) is -0.962. The number of fused-ring (bicyclic) bond motifs is 1. The zero-order chi connectivity index (χ0) is 19.4. The number of methoxy groups -OCH3 is 1. The van der Waals surface area contributed by atoms with Gasteiger partial charge < -0.3 is 20.0 Å². The second-order valence-electron chi connectivity index (χ2n) is 5.23. The molecule has 2 rings (SSSR count). The van der Waals surface area contributed by atoms with E-state index in [4.69, 9.17) is 4.74 Å². The molecule has 12 heteroatoms. The van der Waals surface area contributed by atoms with Crippen molar-refractivity contribution in [3.8, 4) is 0 Å². The molecule has 26 heavy (non-hydrogen) atoms. The fourth-order valence-electron chi connectivity index (χ4n) is 2.55. The van der Waals surface area contributed by atoms with E-state index in [9.17, 15) is 24.3 Å². The van der Waals surface area contributed by atoms with Gasteiger partial charge in [-0.25, -0.2) is 4.79 Å². The maximum atomic E-state index is 12.4. The van der Waals surface area contributed by atoms with Crippen LogP contribution in [0.1, 0.15) is 0 Å². The van der Waals surface area contributed by atoms with Crippen molar-refractivity contribution in [1.29, 1.82) is 0 Å². The predicted octanol–water partition coefficient (Wildman–Crippen LogP) is -0.662. The summed E-state index contributed by atoms with van der Waals surface area (Å²) in [5, 5.41) is 14.5. The number of nitrogens with one attached hydrogen (secondary N) is 1. The van der Waals surface area contributed by atoms with Gasteiger partial charge in [-0.05, 0) is 5.57 Å². The van der Waals surface area contributed by atoms with Crippen LogP contribution in [0.4, 0.5) is 0 Å². The Hall–Kier alpha value is -1.92. The number of oxime groups is 1. The minimum absolute atomic E-state index is 0.0898. The van der Waals surface area contributed by atoms with Gasteiger partial charge in [0.15, 0.2) is 0 Å². The van der Waals surface area contributed by atoms with Crippen LogP contribution in [-0.2, 0) is 28.8 Å². The lowest BCUT2D eigenvalue weighted by Gasteiger charge is -2.49. The Morgan fingerprint density at radius 3 is 2.65 bits per heavy atom. The minimum atomic E-state index is -1.24. The summed E-state index contributed by atoms with van der Waals surface area (Å²) in [4.78, 5) is 53.5. The normalized spacial score (nSPS) is 22.5. The molecule has 0 aromatic rings. The van der Waals surface area contributed by atoms with Gasteiger partial charge in [0, 0.05) is 12.9 Å². The number of thioether (sulfide) groups is 1. The Bertz CT molecular complexity index is 709. The molecule has 2 aliphatic rings. The van der Waals surface area contributed by atoms with E-state index in [2.05, 4.69) is 31.2 Å². The van der Waals surface area contributed by atoms with Gasteiger partial charge in [0.1, 0.15) is 24.2 Å². The number of ketones is 1. The molecule has 2 atom stereocenters.